The van der Waals surface area contributed by atoms with E-state index >= 15 is 0 Å². The van der Waals surface area contributed by atoms with E-state index < -0.39 is 23.4 Å². The zero-order valence-electron chi connectivity index (χ0n) is 14.0. The molecule has 0 saturated carbocycles. The maximum atomic E-state index is 12.7. The molecule has 1 aliphatic rings. The molecule has 24 heavy (non-hydrogen) atoms. The van der Waals surface area contributed by atoms with Crippen molar-refractivity contribution in [2.75, 3.05) is 13.2 Å². The van der Waals surface area contributed by atoms with E-state index in [0.29, 0.717) is 6.54 Å². The van der Waals surface area contributed by atoms with Gasteiger partial charge >= 0.3 is 12.3 Å². The van der Waals surface area contributed by atoms with Gasteiger partial charge < -0.3 is 14.4 Å². The molecule has 0 aromatic heterocycles. The molecule has 1 atom stereocenters. The monoisotopic (exact) mass is 345 g/mol. The minimum Gasteiger partial charge on any atom is -0.491 e. The van der Waals surface area contributed by atoms with Gasteiger partial charge in [0.15, 0.2) is 0 Å². The van der Waals surface area contributed by atoms with Gasteiger partial charge in [-0.15, -0.1) is 0 Å². The number of benzene rings is 1. The average molecular weight is 345 g/mol. The Balaban J connectivity index is 1.97. The predicted octanol–water partition coefficient (Wildman–Crippen LogP) is 4.48. The molecule has 0 aliphatic carbocycles. The summed E-state index contributed by atoms with van der Waals surface area (Å²) in [7, 11) is 0. The van der Waals surface area contributed by atoms with E-state index in [0.717, 1.165) is 25.0 Å². The molecule has 1 fully saturated rings. The lowest BCUT2D eigenvalue weighted by Gasteiger charge is -2.28. The lowest BCUT2D eigenvalue weighted by molar-refractivity contribution is -0.137. The molecule has 1 unspecified atom stereocenters. The standard InChI is InChI=1S/C17H22F3NO3/c1-16(2,3)24-15(22)21-9-5-7-13(21)11-23-14-8-4-6-12(10-14)17(18,19)20/h4,6,8,10,13H,5,7,9,11H2,1-3H3. The molecule has 2 rings (SSSR count). The van der Waals surface area contributed by atoms with Crippen LogP contribution in [0.4, 0.5) is 18.0 Å². The van der Waals surface area contributed by atoms with Crippen LogP contribution in [0.15, 0.2) is 24.3 Å². The Labute approximate surface area is 139 Å². The van der Waals surface area contributed by atoms with Crippen molar-refractivity contribution in [2.24, 2.45) is 0 Å². The molecule has 0 N–H and O–H groups in total. The summed E-state index contributed by atoms with van der Waals surface area (Å²) < 4.78 is 49.0. The van der Waals surface area contributed by atoms with E-state index in [1.165, 1.54) is 12.1 Å². The molecule has 134 valence electrons. The normalized spacial score (nSPS) is 18.6. The van der Waals surface area contributed by atoms with E-state index in [1.807, 2.05) is 0 Å². The summed E-state index contributed by atoms with van der Waals surface area (Å²) in [5, 5.41) is 0. The van der Waals surface area contributed by atoms with Crippen molar-refractivity contribution in [1.82, 2.24) is 4.90 Å². The predicted molar refractivity (Wildman–Crippen MR) is 82.9 cm³/mol. The van der Waals surface area contributed by atoms with Crippen molar-refractivity contribution >= 4 is 6.09 Å². The van der Waals surface area contributed by atoms with Crippen LogP contribution in [0.3, 0.4) is 0 Å². The molecule has 1 saturated heterocycles. The zero-order chi connectivity index (χ0) is 18.0. The van der Waals surface area contributed by atoms with Gasteiger partial charge in [-0.25, -0.2) is 4.79 Å². The van der Waals surface area contributed by atoms with Gasteiger partial charge in [0, 0.05) is 6.54 Å². The van der Waals surface area contributed by atoms with E-state index in [9.17, 15) is 18.0 Å². The number of ether oxygens (including phenoxy) is 2. The van der Waals surface area contributed by atoms with Crippen molar-refractivity contribution in [3.63, 3.8) is 0 Å². The van der Waals surface area contributed by atoms with E-state index in [-0.39, 0.29) is 18.4 Å². The maximum Gasteiger partial charge on any atom is 0.416 e. The minimum absolute atomic E-state index is 0.139. The Morgan fingerprint density at radius 3 is 2.62 bits per heavy atom. The SMILES string of the molecule is CC(C)(C)OC(=O)N1CCCC1COc1cccc(C(F)(F)F)c1. The average Bonchev–Trinajstić information content (AvgIpc) is 2.91. The summed E-state index contributed by atoms with van der Waals surface area (Å²) in [4.78, 5) is 13.7. The Hall–Kier alpha value is -1.92. The van der Waals surface area contributed by atoms with Gasteiger partial charge in [-0.2, -0.15) is 13.2 Å². The summed E-state index contributed by atoms with van der Waals surface area (Å²) in [5.74, 6) is 0.140. The minimum atomic E-state index is -4.41. The summed E-state index contributed by atoms with van der Waals surface area (Å²) in [5.41, 5.74) is -1.35. The van der Waals surface area contributed by atoms with Crippen molar-refractivity contribution in [3.8, 4) is 5.75 Å². The van der Waals surface area contributed by atoms with Crippen LogP contribution in [0.5, 0.6) is 5.75 Å². The number of rotatable bonds is 3. The van der Waals surface area contributed by atoms with Crippen LogP contribution >= 0.6 is 0 Å². The van der Waals surface area contributed by atoms with Crippen molar-refractivity contribution in [1.29, 1.82) is 0 Å². The molecule has 4 nitrogen and oxygen atoms in total. The number of nitrogens with zero attached hydrogens (tertiary/aromatic N) is 1. The fourth-order valence-corrected chi connectivity index (χ4v) is 2.52. The number of hydrogen-bond acceptors (Lipinski definition) is 3. The maximum absolute atomic E-state index is 12.7. The van der Waals surface area contributed by atoms with Crippen LogP contribution < -0.4 is 4.74 Å². The number of amides is 1. The highest BCUT2D eigenvalue weighted by Gasteiger charge is 2.33. The fraction of sp³-hybridized carbons (Fsp3) is 0.588. The topological polar surface area (TPSA) is 38.8 Å². The van der Waals surface area contributed by atoms with E-state index in [2.05, 4.69) is 0 Å². The lowest BCUT2D eigenvalue weighted by atomic mass is 10.2. The molecular weight excluding hydrogens is 323 g/mol. The first-order valence-electron chi connectivity index (χ1n) is 7.86. The first kappa shape index (κ1) is 18.4. The summed E-state index contributed by atoms with van der Waals surface area (Å²) >= 11 is 0. The molecule has 1 aromatic carbocycles. The zero-order valence-corrected chi connectivity index (χ0v) is 14.0. The largest absolute Gasteiger partial charge is 0.491 e. The number of carbonyl (C=O) groups excluding carboxylic acids is 1. The fourth-order valence-electron chi connectivity index (χ4n) is 2.52. The number of carbonyl (C=O) groups is 1. The smallest absolute Gasteiger partial charge is 0.416 e. The summed E-state index contributed by atoms with van der Waals surface area (Å²) in [6.45, 7) is 6.06. The highest BCUT2D eigenvalue weighted by atomic mass is 19.4. The van der Waals surface area contributed by atoms with E-state index in [1.54, 1.807) is 25.7 Å². The highest BCUT2D eigenvalue weighted by molar-refractivity contribution is 5.69. The summed E-state index contributed by atoms with van der Waals surface area (Å²) in [6, 6.07) is 4.54. The molecule has 1 aliphatic heterocycles. The Kier molecular flexibility index (Phi) is 5.30. The Morgan fingerprint density at radius 1 is 1.29 bits per heavy atom. The number of hydrogen-bond donors (Lipinski definition) is 0. The van der Waals surface area contributed by atoms with Crippen LogP contribution in [0, 0.1) is 0 Å². The third kappa shape index (κ3) is 5.04. The van der Waals surface area contributed by atoms with Gasteiger partial charge in [-0.1, -0.05) is 6.07 Å². The molecule has 0 bridgehead atoms. The number of halogens is 3. The summed E-state index contributed by atoms with van der Waals surface area (Å²) in [6.07, 6.45) is -3.28. The van der Waals surface area contributed by atoms with Gasteiger partial charge in [0.2, 0.25) is 0 Å². The van der Waals surface area contributed by atoms with Crippen molar-refractivity contribution in [3.05, 3.63) is 29.8 Å². The van der Waals surface area contributed by atoms with Gasteiger partial charge in [0.05, 0.1) is 11.6 Å². The number of alkyl halides is 3. The van der Waals surface area contributed by atoms with Crippen LogP contribution in [0.2, 0.25) is 0 Å². The lowest BCUT2D eigenvalue weighted by Crippen LogP contribution is -2.42. The van der Waals surface area contributed by atoms with Gasteiger partial charge in [-0.05, 0) is 51.8 Å². The molecule has 7 heteroatoms. The van der Waals surface area contributed by atoms with Crippen molar-refractivity contribution < 1.29 is 27.4 Å². The Morgan fingerprint density at radius 2 is 2.00 bits per heavy atom. The molecule has 0 spiro atoms. The second-order valence-corrected chi connectivity index (χ2v) is 6.81. The van der Waals surface area contributed by atoms with Crippen LogP contribution in [0.25, 0.3) is 0 Å². The molecule has 1 amide bonds. The van der Waals surface area contributed by atoms with Gasteiger partial charge in [-0.3, -0.25) is 0 Å². The van der Waals surface area contributed by atoms with Gasteiger partial charge in [0.1, 0.15) is 18.0 Å². The third-order valence-electron chi connectivity index (χ3n) is 3.61. The highest BCUT2D eigenvalue weighted by Crippen LogP contribution is 2.31. The second-order valence-electron chi connectivity index (χ2n) is 6.81. The van der Waals surface area contributed by atoms with Gasteiger partial charge in [0.25, 0.3) is 0 Å². The first-order valence-corrected chi connectivity index (χ1v) is 7.86. The number of likely N-dealkylation sites (tertiary alicyclic amines) is 1. The first-order chi connectivity index (χ1) is 11.1. The van der Waals surface area contributed by atoms with Crippen LogP contribution in [0.1, 0.15) is 39.2 Å². The molecular formula is C17H22F3NO3. The van der Waals surface area contributed by atoms with Crippen molar-refractivity contribution in [2.45, 2.75) is 51.4 Å². The van der Waals surface area contributed by atoms with E-state index in [4.69, 9.17) is 9.47 Å². The Bertz CT molecular complexity index is 581. The van der Waals surface area contributed by atoms with Crippen LogP contribution in [-0.2, 0) is 10.9 Å². The molecule has 0 radical (unpaired) electrons. The molecule has 1 heterocycles. The quantitative estimate of drug-likeness (QED) is 0.810. The second kappa shape index (κ2) is 6.91. The molecule has 1 aromatic rings. The third-order valence-corrected chi connectivity index (χ3v) is 3.61. The van der Waals surface area contributed by atoms with Crippen LogP contribution in [-0.4, -0.2) is 35.8 Å².